The first-order chi connectivity index (χ1) is 9.13. The van der Waals surface area contributed by atoms with Crippen LogP contribution in [0.4, 0.5) is 0 Å². The van der Waals surface area contributed by atoms with Gasteiger partial charge in [0.05, 0.1) is 18.7 Å². The summed E-state index contributed by atoms with van der Waals surface area (Å²) >= 11 is 9.74. The van der Waals surface area contributed by atoms with Crippen molar-refractivity contribution in [1.82, 2.24) is 0 Å². The molecular formula is C15H14BrClO2. The molecule has 2 rings (SSSR count). The molecule has 0 fully saturated rings. The Morgan fingerprint density at radius 1 is 1.05 bits per heavy atom. The summed E-state index contributed by atoms with van der Waals surface area (Å²) < 4.78 is 11.3. The zero-order chi connectivity index (χ0) is 13.8. The van der Waals surface area contributed by atoms with Gasteiger partial charge in [-0.25, -0.2) is 0 Å². The minimum Gasteiger partial charge on any atom is -0.497 e. The molecule has 2 nitrogen and oxygen atoms in total. The Bertz CT molecular complexity index is 567. The minimum absolute atomic E-state index is 0.705. The molecule has 2 aromatic rings. The van der Waals surface area contributed by atoms with Gasteiger partial charge in [0.25, 0.3) is 0 Å². The van der Waals surface area contributed by atoms with E-state index in [1.807, 2.05) is 36.4 Å². The van der Waals surface area contributed by atoms with Gasteiger partial charge in [0.15, 0.2) is 0 Å². The predicted octanol–water partition coefficient (Wildman–Crippen LogP) is 4.71. The lowest BCUT2D eigenvalue weighted by Gasteiger charge is -2.09. The molecule has 0 N–H and O–H groups in total. The van der Waals surface area contributed by atoms with Crippen LogP contribution in [-0.2, 0) is 6.42 Å². The molecule has 0 aliphatic rings. The lowest BCUT2D eigenvalue weighted by atomic mass is 10.0. The molecule has 0 amide bonds. The van der Waals surface area contributed by atoms with Crippen molar-refractivity contribution in [2.75, 3.05) is 14.2 Å². The molecule has 4 heteroatoms. The molecule has 0 saturated carbocycles. The Morgan fingerprint density at radius 3 is 2.32 bits per heavy atom. The molecule has 0 unspecified atom stereocenters. The second-order valence-corrected chi connectivity index (χ2v) is 5.36. The van der Waals surface area contributed by atoms with E-state index in [9.17, 15) is 0 Å². The Labute approximate surface area is 126 Å². The van der Waals surface area contributed by atoms with Gasteiger partial charge in [-0.1, -0.05) is 23.7 Å². The van der Waals surface area contributed by atoms with Gasteiger partial charge in [0, 0.05) is 11.1 Å². The molecule has 19 heavy (non-hydrogen) atoms. The highest BCUT2D eigenvalue weighted by atomic mass is 79.9. The second kappa shape index (κ2) is 6.31. The number of hydrogen-bond acceptors (Lipinski definition) is 2. The fourth-order valence-electron chi connectivity index (χ4n) is 1.82. The van der Waals surface area contributed by atoms with E-state index in [-0.39, 0.29) is 0 Å². The van der Waals surface area contributed by atoms with Crippen LogP contribution >= 0.6 is 27.5 Å². The van der Waals surface area contributed by atoms with E-state index in [0.29, 0.717) is 5.02 Å². The first-order valence-electron chi connectivity index (χ1n) is 5.79. The third-order valence-corrected chi connectivity index (χ3v) is 3.85. The Morgan fingerprint density at radius 2 is 1.74 bits per heavy atom. The molecule has 0 aliphatic heterocycles. The summed E-state index contributed by atoms with van der Waals surface area (Å²) in [5.74, 6) is 1.59. The Balaban J connectivity index is 2.25. The molecule has 0 bridgehead atoms. The Kier molecular flexibility index (Phi) is 4.72. The number of halogens is 2. The van der Waals surface area contributed by atoms with Crippen LogP contribution in [0.2, 0.25) is 5.02 Å². The number of rotatable bonds is 4. The highest BCUT2D eigenvalue weighted by Crippen LogP contribution is 2.32. The summed E-state index contributed by atoms with van der Waals surface area (Å²) in [6, 6.07) is 11.8. The lowest BCUT2D eigenvalue weighted by Crippen LogP contribution is -1.93. The summed E-state index contributed by atoms with van der Waals surface area (Å²) in [7, 11) is 3.28. The van der Waals surface area contributed by atoms with Gasteiger partial charge >= 0.3 is 0 Å². The summed E-state index contributed by atoms with van der Waals surface area (Å²) in [6.45, 7) is 0. The smallest absolute Gasteiger partial charge is 0.134 e. The molecule has 0 aliphatic carbocycles. The van der Waals surface area contributed by atoms with Gasteiger partial charge in [-0.15, -0.1) is 0 Å². The molecular weight excluding hydrogens is 328 g/mol. The van der Waals surface area contributed by atoms with E-state index >= 15 is 0 Å². The fourth-order valence-corrected chi connectivity index (χ4v) is 2.60. The van der Waals surface area contributed by atoms with Crippen molar-refractivity contribution in [2.45, 2.75) is 6.42 Å². The van der Waals surface area contributed by atoms with Gasteiger partial charge in [-0.3, -0.25) is 0 Å². The monoisotopic (exact) mass is 340 g/mol. The molecule has 0 aromatic heterocycles. The van der Waals surface area contributed by atoms with Crippen LogP contribution in [0.3, 0.4) is 0 Å². The normalized spacial score (nSPS) is 10.3. The van der Waals surface area contributed by atoms with Crippen molar-refractivity contribution in [3.8, 4) is 11.5 Å². The lowest BCUT2D eigenvalue weighted by molar-refractivity contribution is 0.412. The molecule has 0 heterocycles. The van der Waals surface area contributed by atoms with Crippen molar-refractivity contribution in [2.24, 2.45) is 0 Å². The van der Waals surface area contributed by atoms with Crippen LogP contribution < -0.4 is 9.47 Å². The summed E-state index contributed by atoms with van der Waals surface area (Å²) in [6.07, 6.45) is 0.769. The number of benzene rings is 2. The zero-order valence-corrected chi connectivity index (χ0v) is 13.1. The maximum absolute atomic E-state index is 6.26. The fraction of sp³-hybridized carbons (Fsp3) is 0.200. The van der Waals surface area contributed by atoms with Crippen LogP contribution in [0.25, 0.3) is 0 Å². The van der Waals surface area contributed by atoms with E-state index in [4.69, 9.17) is 21.1 Å². The molecule has 0 spiro atoms. The largest absolute Gasteiger partial charge is 0.497 e. The topological polar surface area (TPSA) is 18.5 Å². The number of ether oxygens (including phenoxy) is 2. The average molecular weight is 342 g/mol. The van der Waals surface area contributed by atoms with Crippen LogP contribution in [0.15, 0.2) is 40.9 Å². The van der Waals surface area contributed by atoms with Crippen molar-refractivity contribution < 1.29 is 9.47 Å². The van der Waals surface area contributed by atoms with E-state index in [1.165, 1.54) is 5.56 Å². The molecule has 0 atom stereocenters. The minimum atomic E-state index is 0.705. The van der Waals surface area contributed by atoms with Crippen molar-refractivity contribution in [3.05, 3.63) is 57.0 Å². The summed E-state index contributed by atoms with van der Waals surface area (Å²) in [5.41, 5.74) is 2.24. The van der Waals surface area contributed by atoms with Crippen LogP contribution in [0, 0.1) is 0 Å². The quantitative estimate of drug-likeness (QED) is 0.802. The van der Waals surface area contributed by atoms with Gasteiger partial charge in [0.1, 0.15) is 11.5 Å². The predicted molar refractivity (Wildman–Crippen MR) is 81.5 cm³/mol. The highest BCUT2D eigenvalue weighted by molar-refractivity contribution is 9.10. The third kappa shape index (κ3) is 3.43. The number of methoxy groups -OCH3 is 2. The SMILES string of the molecule is COc1ccc(Cc2cc(Br)c(OC)cc2Cl)cc1. The first-order valence-corrected chi connectivity index (χ1v) is 6.96. The first kappa shape index (κ1) is 14.2. The maximum atomic E-state index is 6.26. The molecule has 100 valence electrons. The van der Waals surface area contributed by atoms with Gasteiger partial charge in [-0.2, -0.15) is 0 Å². The van der Waals surface area contributed by atoms with E-state index in [2.05, 4.69) is 15.9 Å². The van der Waals surface area contributed by atoms with Crippen molar-refractivity contribution >= 4 is 27.5 Å². The van der Waals surface area contributed by atoms with E-state index < -0.39 is 0 Å². The molecule has 0 radical (unpaired) electrons. The van der Waals surface area contributed by atoms with Crippen molar-refractivity contribution in [3.63, 3.8) is 0 Å². The van der Waals surface area contributed by atoms with Gasteiger partial charge < -0.3 is 9.47 Å². The summed E-state index contributed by atoms with van der Waals surface area (Å²) in [4.78, 5) is 0. The van der Waals surface area contributed by atoms with Crippen LogP contribution in [-0.4, -0.2) is 14.2 Å². The van der Waals surface area contributed by atoms with Crippen molar-refractivity contribution in [1.29, 1.82) is 0 Å². The van der Waals surface area contributed by atoms with E-state index in [0.717, 1.165) is 28.0 Å². The average Bonchev–Trinajstić information content (AvgIpc) is 2.43. The van der Waals surface area contributed by atoms with Crippen LogP contribution in [0.5, 0.6) is 11.5 Å². The van der Waals surface area contributed by atoms with Crippen LogP contribution in [0.1, 0.15) is 11.1 Å². The van der Waals surface area contributed by atoms with E-state index in [1.54, 1.807) is 14.2 Å². The Hall–Kier alpha value is -1.19. The zero-order valence-electron chi connectivity index (χ0n) is 10.7. The highest BCUT2D eigenvalue weighted by Gasteiger charge is 2.08. The third-order valence-electron chi connectivity index (χ3n) is 2.87. The van der Waals surface area contributed by atoms with Gasteiger partial charge in [-0.05, 0) is 51.7 Å². The molecule has 0 saturated heterocycles. The van der Waals surface area contributed by atoms with Gasteiger partial charge in [0.2, 0.25) is 0 Å². The standard InChI is InChI=1S/C15H14BrClO2/c1-18-12-5-3-10(4-6-12)7-11-8-13(16)15(19-2)9-14(11)17/h3-6,8-9H,7H2,1-2H3. The maximum Gasteiger partial charge on any atom is 0.134 e. The second-order valence-electron chi connectivity index (χ2n) is 4.10. The summed E-state index contributed by atoms with van der Waals surface area (Å²) in [5, 5.41) is 0.705. The number of hydrogen-bond donors (Lipinski definition) is 0. The molecule has 2 aromatic carbocycles.